The van der Waals surface area contributed by atoms with E-state index in [0.29, 0.717) is 36.0 Å². The Bertz CT molecular complexity index is 1370. The molecule has 7 heteroatoms. The smallest absolute Gasteiger partial charge is 0.291 e. The molecule has 0 radical (unpaired) electrons. The first kappa shape index (κ1) is 22.1. The van der Waals surface area contributed by atoms with Gasteiger partial charge in [0.1, 0.15) is 0 Å². The second kappa shape index (κ2) is 9.25. The summed E-state index contributed by atoms with van der Waals surface area (Å²) in [6.45, 7) is 1.40. The highest BCUT2D eigenvalue weighted by atomic mass is 35.5. The predicted molar refractivity (Wildman–Crippen MR) is 133 cm³/mol. The third kappa shape index (κ3) is 4.25. The van der Waals surface area contributed by atoms with E-state index in [-0.39, 0.29) is 0 Å². The van der Waals surface area contributed by atoms with Crippen LogP contribution >= 0.6 is 11.6 Å². The quantitative estimate of drug-likeness (QED) is 0.361. The summed E-state index contributed by atoms with van der Waals surface area (Å²) in [6, 6.07) is 24.9. The van der Waals surface area contributed by atoms with Crippen molar-refractivity contribution < 1.29 is 9.59 Å². The van der Waals surface area contributed by atoms with E-state index >= 15 is 0 Å². The van der Waals surface area contributed by atoms with Gasteiger partial charge in [0.25, 0.3) is 5.78 Å². The van der Waals surface area contributed by atoms with Crippen molar-refractivity contribution >= 4 is 29.0 Å². The fourth-order valence-corrected chi connectivity index (χ4v) is 4.47. The van der Waals surface area contributed by atoms with E-state index < -0.39 is 11.7 Å². The number of carbonyl (C=O) groups is 2. The summed E-state index contributed by atoms with van der Waals surface area (Å²) in [5.41, 5.74) is 5.02. The molecule has 2 heterocycles. The summed E-state index contributed by atoms with van der Waals surface area (Å²) in [4.78, 5) is 28.5. The zero-order valence-electron chi connectivity index (χ0n) is 18.7. The highest BCUT2D eigenvalue weighted by molar-refractivity contribution is 6.52. The number of Topliss-reactive ketones (excluding diaryl/α,β-unsaturated/α-hetero) is 1. The number of carbonyl (C=O) groups excluding carboxylic acids is 2. The number of ketones is 1. The highest BCUT2D eigenvalue weighted by Crippen LogP contribution is 2.29. The standard InChI is InChI=1S/C27H23ClN4O2/c1-30(18-32-24-14-8-6-12-22(24)26(33)27(32)34)15-21-17-31(16-20-11-5-7-13-23(20)28)29-25(21)19-9-3-2-4-10-19/h2-14,17H,15-16,18H2,1H3. The van der Waals surface area contributed by atoms with Gasteiger partial charge in [-0.3, -0.25) is 24.1 Å². The minimum Gasteiger partial charge on any atom is -0.291 e. The molecule has 5 rings (SSSR count). The van der Waals surface area contributed by atoms with Crippen LogP contribution in [0.4, 0.5) is 5.69 Å². The Morgan fingerprint density at radius 1 is 0.882 bits per heavy atom. The molecule has 0 bridgehead atoms. The lowest BCUT2D eigenvalue weighted by Crippen LogP contribution is -2.38. The third-order valence-corrected chi connectivity index (χ3v) is 6.25. The summed E-state index contributed by atoms with van der Waals surface area (Å²) in [6.07, 6.45) is 2.02. The van der Waals surface area contributed by atoms with Crippen molar-refractivity contribution in [3.63, 3.8) is 0 Å². The molecule has 34 heavy (non-hydrogen) atoms. The molecule has 0 spiro atoms. The number of aromatic nitrogens is 2. The Kier molecular flexibility index (Phi) is 6.01. The van der Waals surface area contributed by atoms with Gasteiger partial charge in [-0.2, -0.15) is 5.10 Å². The number of anilines is 1. The van der Waals surface area contributed by atoms with Crippen LogP contribution in [-0.4, -0.2) is 40.1 Å². The van der Waals surface area contributed by atoms with Crippen LogP contribution in [-0.2, 0) is 17.9 Å². The first-order valence-electron chi connectivity index (χ1n) is 11.0. The van der Waals surface area contributed by atoms with Crippen molar-refractivity contribution in [3.05, 3.63) is 107 Å². The number of para-hydroxylation sites is 1. The van der Waals surface area contributed by atoms with Crippen molar-refractivity contribution in [2.75, 3.05) is 18.6 Å². The number of fused-ring (bicyclic) bond motifs is 1. The SMILES string of the molecule is CN(Cc1cn(Cc2ccccc2Cl)nc1-c1ccccc1)CN1C(=O)C(=O)c2ccccc21. The zero-order chi connectivity index (χ0) is 23.7. The van der Waals surface area contributed by atoms with E-state index in [1.807, 2.05) is 89.6 Å². The Labute approximate surface area is 203 Å². The van der Waals surface area contributed by atoms with Gasteiger partial charge in [-0.25, -0.2) is 0 Å². The number of halogens is 1. The number of amides is 1. The van der Waals surface area contributed by atoms with E-state index in [9.17, 15) is 9.59 Å². The molecule has 3 aromatic carbocycles. The van der Waals surface area contributed by atoms with Gasteiger partial charge in [0.2, 0.25) is 0 Å². The Hall–Kier alpha value is -3.74. The van der Waals surface area contributed by atoms with Crippen LogP contribution in [0, 0.1) is 0 Å². The monoisotopic (exact) mass is 470 g/mol. The van der Waals surface area contributed by atoms with Crippen molar-refractivity contribution in [2.24, 2.45) is 0 Å². The van der Waals surface area contributed by atoms with Gasteiger partial charge in [0, 0.05) is 28.9 Å². The van der Waals surface area contributed by atoms with E-state index in [1.54, 1.807) is 12.1 Å². The zero-order valence-corrected chi connectivity index (χ0v) is 19.4. The van der Waals surface area contributed by atoms with Gasteiger partial charge in [-0.1, -0.05) is 72.3 Å². The largest absolute Gasteiger partial charge is 0.300 e. The molecular weight excluding hydrogens is 448 g/mol. The normalized spacial score (nSPS) is 13.1. The van der Waals surface area contributed by atoms with Crippen molar-refractivity contribution in [2.45, 2.75) is 13.1 Å². The first-order valence-corrected chi connectivity index (χ1v) is 11.4. The molecule has 0 fully saturated rings. The number of nitrogens with zero attached hydrogens (tertiary/aromatic N) is 4. The maximum absolute atomic E-state index is 12.6. The van der Waals surface area contributed by atoms with Gasteiger partial charge >= 0.3 is 5.91 Å². The molecule has 0 atom stereocenters. The third-order valence-electron chi connectivity index (χ3n) is 5.88. The molecule has 0 N–H and O–H groups in total. The Morgan fingerprint density at radius 2 is 1.59 bits per heavy atom. The molecule has 1 amide bonds. The minimum atomic E-state index is -0.495. The van der Waals surface area contributed by atoms with E-state index in [0.717, 1.165) is 22.4 Å². The fourth-order valence-electron chi connectivity index (χ4n) is 4.27. The molecule has 170 valence electrons. The van der Waals surface area contributed by atoms with Crippen LogP contribution in [0.5, 0.6) is 0 Å². The summed E-state index contributed by atoms with van der Waals surface area (Å²) in [7, 11) is 1.93. The van der Waals surface area contributed by atoms with Gasteiger partial charge in [-0.15, -0.1) is 0 Å². The summed E-state index contributed by atoms with van der Waals surface area (Å²) >= 11 is 6.37. The Morgan fingerprint density at radius 3 is 2.38 bits per heavy atom. The second-order valence-electron chi connectivity index (χ2n) is 8.39. The molecule has 0 saturated carbocycles. The fraction of sp³-hybridized carbons (Fsp3) is 0.148. The minimum absolute atomic E-state index is 0.297. The maximum atomic E-state index is 12.6. The maximum Gasteiger partial charge on any atom is 0.300 e. The number of hydrogen-bond acceptors (Lipinski definition) is 4. The molecule has 0 aliphatic carbocycles. The van der Waals surface area contributed by atoms with Gasteiger partial charge in [-0.05, 0) is 30.8 Å². The molecule has 0 unspecified atom stereocenters. The highest BCUT2D eigenvalue weighted by Gasteiger charge is 2.35. The molecule has 4 aromatic rings. The average molecular weight is 471 g/mol. The van der Waals surface area contributed by atoms with Crippen LogP contribution in [0.3, 0.4) is 0 Å². The molecule has 1 aliphatic rings. The van der Waals surface area contributed by atoms with Crippen molar-refractivity contribution in [1.29, 1.82) is 0 Å². The summed E-state index contributed by atoms with van der Waals surface area (Å²) < 4.78 is 1.90. The van der Waals surface area contributed by atoms with Gasteiger partial charge in [0.15, 0.2) is 0 Å². The van der Waals surface area contributed by atoms with Crippen LogP contribution in [0.2, 0.25) is 5.02 Å². The molecule has 0 saturated heterocycles. The second-order valence-corrected chi connectivity index (χ2v) is 8.80. The Balaban J connectivity index is 1.41. The van der Waals surface area contributed by atoms with Gasteiger partial charge < -0.3 is 0 Å². The first-order chi connectivity index (χ1) is 16.5. The van der Waals surface area contributed by atoms with Crippen LogP contribution in [0.25, 0.3) is 11.3 Å². The summed E-state index contributed by atoms with van der Waals surface area (Å²) in [5, 5.41) is 5.56. The molecular formula is C27H23ClN4O2. The van der Waals surface area contributed by atoms with Crippen LogP contribution in [0.15, 0.2) is 85.1 Å². The molecule has 1 aromatic heterocycles. The van der Waals surface area contributed by atoms with E-state index in [2.05, 4.69) is 0 Å². The van der Waals surface area contributed by atoms with Crippen LogP contribution in [0.1, 0.15) is 21.5 Å². The van der Waals surface area contributed by atoms with E-state index in [4.69, 9.17) is 16.7 Å². The number of rotatable bonds is 7. The topological polar surface area (TPSA) is 58.4 Å². The predicted octanol–water partition coefficient (Wildman–Crippen LogP) is 4.87. The van der Waals surface area contributed by atoms with Crippen molar-refractivity contribution in [3.8, 4) is 11.3 Å². The molecule has 1 aliphatic heterocycles. The molecule has 6 nitrogen and oxygen atoms in total. The van der Waals surface area contributed by atoms with Gasteiger partial charge in [0.05, 0.1) is 30.2 Å². The lowest BCUT2D eigenvalue weighted by atomic mass is 10.1. The van der Waals surface area contributed by atoms with E-state index in [1.165, 1.54) is 4.90 Å². The lowest BCUT2D eigenvalue weighted by Gasteiger charge is -2.24. The average Bonchev–Trinajstić information content (AvgIpc) is 3.35. The van der Waals surface area contributed by atoms with Crippen LogP contribution < -0.4 is 4.90 Å². The van der Waals surface area contributed by atoms with Crippen molar-refractivity contribution in [1.82, 2.24) is 14.7 Å². The lowest BCUT2D eigenvalue weighted by molar-refractivity contribution is -0.114. The number of benzene rings is 3. The number of hydrogen-bond donors (Lipinski definition) is 0. The summed E-state index contributed by atoms with van der Waals surface area (Å²) in [5.74, 6) is -0.952.